The number of benzene rings is 2. The van der Waals surface area contributed by atoms with Gasteiger partial charge in [-0.05, 0) is 55.6 Å². The van der Waals surface area contributed by atoms with Crippen molar-refractivity contribution in [2.75, 3.05) is 20.6 Å². The number of fused-ring (bicyclic) bond motifs is 2. The lowest BCUT2D eigenvalue weighted by molar-refractivity contribution is 0.351. The summed E-state index contributed by atoms with van der Waals surface area (Å²) < 4.78 is 0. The lowest BCUT2D eigenvalue weighted by Gasteiger charge is -2.38. The van der Waals surface area contributed by atoms with Gasteiger partial charge in [-0.25, -0.2) is 0 Å². The van der Waals surface area contributed by atoms with Gasteiger partial charge in [-0.15, -0.1) is 0 Å². The molecule has 0 saturated heterocycles. The summed E-state index contributed by atoms with van der Waals surface area (Å²) in [7, 11) is 4.38. The van der Waals surface area contributed by atoms with E-state index in [2.05, 4.69) is 74.4 Å². The Morgan fingerprint density at radius 2 is 1.55 bits per heavy atom. The fourth-order valence-electron chi connectivity index (χ4n) is 4.26. The zero-order valence-electron chi connectivity index (χ0n) is 13.5. The molecule has 2 aromatic rings. The van der Waals surface area contributed by atoms with Crippen molar-refractivity contribution < 1.29 is 0 Å². The Morgan fingerprint density at radius 1 is 1.00 bits per heavy atom. The Labute approximate surface area is 137 Å². The Balaban J connectivity index is 1.81. The van der Waals surface area contributed by atoms with Crippen molar-refractivity contribution in [1.29, 1.82) is 0 Å². The van der Waals surface area contributed by atoms with Gasteiger partial charge >= 0.3 is 0 Å². The molecule has 22 heavy (non-hydrogen) atoms. The van der Waals surface area contributed by atoms with Crippen molar-refractivity contribution in [1.82, 2.24) is 4.90 Å². The smallest absolute Gasteiger partial charge is 0.0228 e. The molecule has 1 saturated carbocycles. The van der Waals surface area contributed by atoms with E-state index in [1.807, 2.05) is 11.8 Å². The highest BCUT2D eigenvalue weighted by Gasteiger charge is 2.54. The van der Waals surface area contributed by atoms with Crippen molar-refractivity contribution in [3.8, 4) is 0 Å². The molecule has 0 aromatic heterocycles. The van der Waals surface area contributed by atoms with E-state index >= 15 is 0 Å². The van der Waals surface area contributed by atoms with E-state index in [1.54, 1.807) is 0 Å². The van der Waals surface area contributed by atoms with Crippen LogP contribution < -0.4 is 0 Å². The Morgan fingerprint density at radius 3 is 2.09 bits per heavy atom. The molecular weight excluding hydrogens is 286 g/mol. The number of hydrogen-bond donors (Lipinski definition) is 0. The third-order valence-electron chi connectivity index (χ3n) is 5.38. The molecule has 1 aliphatic heterocycles. The quantitative estimate of drug-likeness (QED) is 0.811. The van der Waals surface area contributed by atoms with Crippen LogP contribution in [-0.2, 0) is 5.41 Å². The van der Waals surface area contributed by atoms with Gasteiger partial charge in [0.2, 0.25) is 0 Å². The van der Waals surface area contributed by atoms with Gasteiger partial charge in [0.15, 0.2) is 0 Å². The zero-order valence-corrected chi connectivity index (χ0v) is 14.4. The van der Waals surface area contributed by atoms with Gasteiger partial charge in [0.05, 0.1) is 0 Å². The predicted molar refractivity (Wildman–Crippen MR) is 93.6 cm³/mol. The van der Waals surface area contributed by atoms with Crippen LogP contribution in [0.4, 0.5) is 0 Å². The lowest BCUT2D eigenvalue weighted by Crippen LogP contribution is -2.32. The number of nitrogens with zero attached hydrogens (tertiary/aromatic N) is 1. The van der Waals surface area contributed by atoms with Crippen LogP contribution in [0.1, 0.15) is 24.5 Å². The van der Waals surface area contributed by atoms with Crippen LogP contribution >= 0.6 is 11.8 Å². The third-order valence-corrected chi connectivity index (χ3v) is 6.53. The summed E-state index contributed by atoms with van der Waals surface area (Å²) in [4.78, 5) is 5.22. The van der Waals surface area contributed by atoms with Crippen molar-refractivity contribution in [3.05, 3.63) is 59.7 Å². The molecule has 2 heteroatoms. The van der Waals surface area contributed by atoms with Crippen LogP contribution in [0.15, 0.2) is 58.3 Å². The number of rotatable bonds is 3. The Bertz CT molecular complexity index is 661. The average molecular weight is 309 g/mol. The molecule has 1 heterocycles. The van der Waals surface area contributed by atoms with Crippen LogP contribution in [0.5, 0.6) is 0 Å². The SMILES string of the molecule is CN(C)C[C@@H]1C[C@@H]1C1(C)c2ccccc2Sc2ccccc21. The number of hydrogen-bond acceptors (Lipinski definition) is 2. The molecule has 2 atom stereocenters. The molecule has 114 valence electrons. The second kappa shape index (κ2) is 5.14. The van der Waals surface area contributed by atoms with Gasteiger partial charge in [-0.3, -0.25) is 0 Å². The maximum absolute atomic E-state index is 2.48. The van der Waals surface area contributed by atoms with E-state index in [0.29, 0.717) is 0 Å². The standard InChI is InChI=1S/C20H23NS/c1-20(17-12-14(17)13-21(2)3)15-8-4-6-10-18(15)22-19-11-7-5-9-16(19)20/h4-11,14,17H,12-13H2,1-3H3/t14-,17-/m0/s1. The van der Waals surface area contributed by atoms with Gasteiger partial charge in [-0.1, -0.05) is 55.1 Å². The first kappa shape index (κ1) is 14.3. The van der Waals surface area contributed by atoms with Gasteiger partial charge in [0, 0.05) is 21.8 Å². The molecule has 2 aromatic carbocycles. The van der Waals surface area contributed by atoms with Gasteiger partial charge in [0.1, 0.15) is 0 Å². The Kier molecular flexibility index (Phi) is 3.35. The van der Waals surface area contributed by atoms with Crippen LogP contribution in [0, 0.1) is 11.8 Å². The summed E-state index contributed by atoms with van der Waals surface area (Å²) in [6.45, 7) is 3.68. The first-order chi connectivity index (χ1) is 10.6. The fraction of sp³-hybridized carbons (Fsp3) is 0.400. The average Bonchev–Trinajstić information content (AvgIpc) is 3.26. The van der Waals surface area contributed by atoms with E-state index in [0.717, 1.165) is 11.8 Å². The normalized spacial score (nSPS) is 24.7. The second-order valence-electron chi connectivity index (χ2n) is 7.16. The summed E-state index contributed by atoms with van der Waals surface area (Å²) >= 11 is 1.93. The fourth-order valence-corrected chi connectivity index (χ4v) is 5.57. The maximum Gasteiger partial charge on any atom is 0.0228 e. The summed E-state index contributed by atoms with van der Waals surface area (Å²) in [6, 6.07) is 18.0. The van der Waals surface area contributed by atoms with Crippen LogP contribution in [0.3, 0.4) is 0 Å². The molecule has 4 rings (SSSR count). The monoisotopic (exact) mass is 309 g/mol. The summed E-state index contributed by atoms with van der Waals surface area (Å²) in [5, 5.41) is 0. The summed E-state index contributed by atoms with van der Waals surface area (Å²) in [6.07, 6.45) is 1.35. The molecule has 0 radical (unpaired) electrons. The molecule has 0 bridgehead atoms. The minimum Gasteiger partial charge on any atom is -0.309 e. The molecular formula is C20H23NS. The molecule has 0 N–H and O–H groups in total. The third kappa shape index (κ3) is 2.12. The van der Waals surface area contributed by atoms with Crippen LogP contribution in [0.2, 0.25) is 0 Å². The van der Waals surface area contributed by atoms with E-state index in [9.17, 15) is 0 Å². The van der Waals surface area contributed by atoms with E-state index in [-0.39, 0.29) is 5.41 Å². The van der Waals surface area contributed by atoms with E-state index < -0.39 is 0 Å². The first-order valence-corrected chi connectivity index (χ1v) is 8.94. The molecule has 1 nitrogen and oxygen atoms in total. The van der Waals surface area contributed by atoms with Crippen LogP contribution in [-0.4, -0.2) is 25.5 Å². The van der Waals surface area contributed by atoms with E-state index in [4.69, 9.17) is 0 Å². The largest absolute Gasteiger partial charge is 0.309 e. The topological polar surface area (TPSA) is 3.24 Å². The van der Waals surface area contributed by atoms with Crippen molar-refractivity contribution in [3.63, 3.8) is 0 Å². The summed E-state index contributed by atoms with van der Waals surface area (Å²) in [5.41, 5.74) is 3.23. The van der Waals surface area contributed by atoms with Crippen molar-refractivity contribution in [2.24, 2.45) is 11.8 Å². The highest BCUT2D eigenvalue weighted by atomic mass is 32.2. The minimum absolute atomic E-state index is 0.166. The molecule has 1 aliphatic carbocycles. The molecule has 0 amide bonds. The first-order valence-electron chi connectivity index (χ1n) is 8.12. The van der Waals surface area contributed by atoms with Gasteiger partial charge in [0.25, 0.3) is 0 Å². The second-order valence-corrected chi connectivity index (χ2v) is 8.25. The zero-order chi connectivity index (χ0) is 15.3. The Hall–Kier alpha value is -1.25. The van der Waals surface area contributed by atoms with Crippen molar-refractivity contribution >= 4 is 11.8 Å². The highest BCUT2D eigenvalue weighted by molar-refractivity contribution is 7.99. The van der Waals surface area contributed by atoms with Crippen molar-refractivity contribution in [2.45, 2.75) is 28.6 Å². The molecule has 0 unspecified atom stereocenters. The van der Waals surface area contributed by atoms with Crippen LogP contribution in [0.25, 0.3) is 0 Å². The maximum atomic E-state index is 2.48. The highest BCUT2D eigenvalue weighted by Crippen LogP contribution is 2.61. The molecule has 0 spiro atoms. The molecule has 2 aliphatic rings. The van der Waals surface area contributed by atoms with E-state index in [1.165, 1.54) is 33.9 Å². The van der Waals surface area contributed by atoms with Gasteiger partial charge < -0.3 is 4.90 Å². The predicted octanol–water partition coefficient (Wildman–Crippen LogP) is 4.65. The minimum atomic E-state index is 0.166. The van der Waals surface area contributed by atoms with Gasteiger partial charge in [-0.2, -0.15) is 0 Å². The lowest BCUT2D eigenvalue weighted by atomic mass is 9.71. The summed E-state index contributed by atoms with van der Waals surface area (Å²) in [5.74, 6) is 1.59. The molecule has 1 fully saturated rings.